The van der Waals surface area contributed by atoms with E-state index in [2.05, 4.69) is 4.90 Å². The molecule has 0 saturated carbocycles. The van der Waals surface area contributed by atoms with Crippen molar-refractivity contribution in [1.82, 2.24) is 4.90 Å². The molecule has 0 aliphatic carbocycles. The maximum absolute atomic E-state index is 11.8. The number of rotatable bonds is 4. The highest BCUT2D eigenvalue weighted by Crippen LogP contribution is 2.25. The highest BCUT2D eigenvalue weighted by molar-refractivity contribution is 5.81. The summed E-state index contributed by atoms with van der Waals surface area (Å²) in [4.78, 5) is 16.0. The monoisotopic (exact) mass is 261 g/mol. The summed E-state index contributed by atoms with van der Waals surface area (Å²) < 4.78 is 0. The molecule has 1 aromatic rings. The molecule has 1 unspecified atom stereocenters. The maximum Gasteiger partial charge on any atom is 0.239 e. The van der Waals surface area contributed by atoms with Gasteiger partial charge in [-0.3, -0.25) is 9.69 Å². The molecule has 1 aliphatic heterocycles. The third-order valence-electron chi connectivity index (χ3n) is 3.75. The summed E-state index contributed by atoms with van der Waals surface area (Å²) in [5.74, 6) is -0.250. The largest absolute Gasteiger partial charge is 0.378 e. The van der Waals surface area contributed by atoms with E-state index in [0.717, 1.165) is 37.2 Å². The number of nitrogens with two attached hydrogens (primary N) is 1. The first-order chi connectivity index (χ1) is 9.09. The van der Waals surface area contributed by atoms with Crippen LogP contribution in [0.15, 0.2) is 24.3 Å². The van der Waals surface area contributed by atoms with E-state index in [4.69, 9.17) is 5.73 Å². The van der Waals surface area contributed by atoms with Crippen molar-refractivity contribution in [2.24, 2.45) is 5.73 Å². The van der Waals surface area contributed by atoms with Crippen LogP contribution in [0.1, 0.15) is 30.9 Å². The molecule has 0 aromatic heterocycles. The van der Waals surface area contributed by atoms with Gasteiger partial charge in [0.15, 0.2) is 0 Å². The van der Waals surface area contributed by atoms with Gasteiger partial charge in [-0.25, -0.2) is 0 Å². The Kier molecular flexibility index (Phi) is 4.43. The number of carbonyl (C=O) groups is 1. The van der Waals surface area contributed by atoms with Crippen LogP contribution in [0.2, 0.25) is 0 Å². The Morgan fingerprint density at radius 1 is 1.16 bits per heavy atom. The maximum atomic E-state index is 11.8. The van der Waals surface area contributed by atoms with Crippen molar-refractivity contribution < 1.29 is 4.79 Å². The lowest BCUT2D eigenvalue weighted by molar-refractivity contribution is -0.123. The molecule has 4 heteroatoms. The first kappa shape index (κ1) is 13.9. The van der Waals surface area contributed by atoms with Gasteiger partial charge in [0.2, 0.25) is 5.91 Å². The molecule has 0 spiro atoms. The van der Waals surface area contributed by atoms with Crippen molar-refractivity contribution in [2.75, 3.05) is 32.1 Å². The standard InChI is InChI=1S/C15H23N3O/c1-17(2)13-8-6-12(7-9-13)14(15(16)19)18-10-4-3-5-11-18/h6-9,14H,3-5,10-11H2,1-2H3,(H2,16,19). The molecule has 1 aromatic carbocycles. The third kappa shape index (κ3) is 3.26. The molecule has 1 aliphatic rings. The fourth-order valence-electron chi connectivity index (χ4n) is 2.69. The Morgan fingerprint density at radius 3 is 2.21 bits per heavy atom. The van der Waals surface area contributed by atoms with Gasteiger partial charge in [-0.2, -0.15) is 0 Å². The molecule has 1 heterocycles. The Balaban J connectivity index is 2.20. The van der Waals surface area contributed by atoms with Gasteiger partial charge in [0.25, 0.3) is 0 Å². The van der Waals surface area contributed by atoms with Crippen molar-refractivity contribution in [1.29, 1.82) is 0 Å². The van der Waals surface area contributed by atoms with Crippen LogP contribution in [0.3, 0.4) is 0 Å². The molecular weight excluding hydrogens is 238 g/mol. The lowest BCUT2D eigenvalue weighted by Crippen LogP contribution is -2.40. The summed E-state index contributed by atoms with van der Waals surface area (Å²) in [6.45, 7) is 1.92. The smallest absolute Gasteiger partial charge is 0.239 e. The third-order valence-corrected chi connectivity index (χ3v) is 3.75. The average Bonchev–Trinajstić information content (AvgIpc) is 2.40. The van der Waals surface area contributed by atoms with E-state index in [9.17, 15) is 4.79 Å². The minimum absolute atomic E-state index is 0.250. The Labute approximate surface area is 115 Å². The van der Waals surface area contributed by atoms with Crippen molar-refractivity contribution in [3.8, 4) is 0 Å². The highest BCUT2D eigenvalue weighted by Gasteiger charge is 2.26. The van der Waals surface area contributed by atoms with Crippen LogP contribution in [0, 0.1) is 0 Å². The van der Waals surface area contributed by atoms with Crippen LogP contribution >= 0.6 is 0 Å². The second-order valence-electron chi connectivity index (χ2n) is 5.39. The summed E-state index contributed by atoms with van der Waals surface area (Å²) in [5, 5.41) is 0. The molecular formula is C15H23N3O. The van der Waals surface area contributed by atoms with Crippen LogP contribution in [0.5, 0.6) is 0 Å². The van der Waals surface area contributed by atoms with Gasteiger partial charge >= 0.3 is 0 Å². The van der Waals surface area contributed by atoms with E-state index in [1.54, 1.807) is 0 Å². The normalized spacial score (nSPS) is 18.0. The lowest BCUT2D eigenvalue weighted by Gasteiger charge is -2.33. The van der Waals surface area contributed by atoms with Crippen molar-refractivity contribution in [2.45, 2.75) is 25.3 Å². The van der Waals surface area contributed by atoms with E-state index in [-0.39, 0.29) is 11.9 Å². The molecule has 0 bridgehead atoms. The van der Waals surface area contributed by atoms with Crippen molar-refractivity contribution in [3.05, 3.63) is 29.8 Å². The van der Waals surface area contributed by atoms with Gasteiger partial charge in [-0.1, -0.05) is 18.6 Å². The summed E-state index contributed by atoms with van der Waals surface area (Å²) in [6, 6.07) is 7.82. The molecule has 1 amide bonds. The number of primary amides is 1. The molecule has 19 heavy (non-hydrogen) atoms. The molecule has 1 fully saturated rings. The molecule has 2 N–H and O–H groups in total. The van der Waals surface area contributed by atoms with E-state index in [0.29, 0.717) is 0 Å². The number of likely N-dealkylation sites (tertiary alicyclic amines) is 1. The minimum Gasteiger partial charge on any atom is -0.378 e. The quantitative estimate of drug-likeness (QED) is 0.898. The summed E-state index contributed by atoms with van der Waals surface area (Å²) in [5.41, 5.74) is 7.74. The number of hydrogen-bond acceptors (Lipinski definition) is 3. The summed E-state index contributed by atoms with van der Waals surface area (Å²) in [6.07, 6.45) is 3.56. The van der Waals surface area contributed by atoms with Gasteiger partial charge in [0, 0.05) is 19.8 Å². The lowest BCUT2D eigenvalue weighted by atomic mass is 10.0. The average molecular weight is 261 g/mol. The van der Waals surface area contributed by atoms with Gasteiger partial charge in [0.05, 0.1) is 0 Å². The Bertz CT molecular complexity index is 422. The van der Waals surface area contributed by atoms with Crippen LogP contribution in [-0.4, -0.2) is 38.0 Å². The topological polar surface area (TPSA) is 49.6 Å². The molecule has 1 atom stereocenters. The van der Waals surface area contributed by atoms with Crippen LogP contribution in [0.25, 0.3) is 0 Å². The van der Waals surface area contributed by atoms with E-state index >= 15 is 0 Å². The summed E-state index contributed by atoms with van der Waals surface area (Å²) >= 11 is 0. The van der Waals surface area contributed by atoms with Gasteiger partial charge in [-0.05, 0) is 43.6 Å². The number of nitrogens with zero attached hydrogens (tertiary/aromatic N) is 2. The first-order valence-corrected chi connectivity index (χ1v) is 6.90. The second kappa shape index (κ2) is 6.06. The Morgan fingerprint density at radius 2 is 1.74 bits per heavy atom. The fraction of sp³-hybridized carbons (Fsp3) is 0.533. The summed E-state index contributed by atoms with van der Waals surface area (Å²) in [7, 11) is 4.01. The van der Waals surface area contributed by atoms with Gasteiger partial charge in [-0.15, -0.1) is 0 Å². The van der Waals surface area contributed by atoms with Crippen molar-refractivity contribution in [3.63, 3.8) is 0 Å². The zero-order valence-corrected chi connectivity index (χ0v) is 11.8. The van der Waals surface area contributed by atoms with E-state index in [1.165, 1.54) is 6.42 Å². The molecule has 1 saturated heterocycles. The Hall–Kier alpha value is -1.55. The van der Waals surface area contributed by atoms with Crippen LogP contribution in [-0.2, 0) is 4.79 Å². The zero-order valence-electron chi connectivity index (χ0n) is 11.8. The second-order valence-corrected chi connectivity index (χ2v) is 5.39. The van der Waals surface area contributed by atoms with Gasteiger partial charge < -0.3 is 10.6 Å². The fourth-order valence-corrected chi connectivity index (χ4v) is 2.69. The number of benzene rings is 1. The van der Waals surface area contributed by atoms with Crippen LogP contribution in [0.4, 0.5) is 5.69 Å². The van der Waals surface area contributed by atoms with E-state index in [1.807, 2.05) is 43.3 Å². The SMILES string of the molecule is CN(C)c1ccc(C(C(N)=O)N2CCCCC2)cc1. The number of hydrogen-bond donors (Lipinski definition) is 1. The molecule has 4 nitrogen and oxygen atoms in total. The molecule has 2 rings (SSSR count). The first-order valence-electron chi connectivity index (χ1n) is 6.90. The van der Waals surface area contributed by atoms with Crippen molar-refractivity contribution >= 4 is 11.6 Å². The number of carbonyl (C=O) groups excluding carboxylic acids is 1. The molecule has 104 valence electrons. The number of amides is 1. The number of anilines is 1. The predicted octanol–water partition coefficient (Wildman–Crippen LogP) is 1.76. The van der Waals surface area contributed by atoms with Gasteiger partial charge in [0.1, 0.15) is 6.04 Å². The number of piperidine rings is 1. The predicted molar refractivity (Wildman–Crippen MR) is 78.1 cm³/mol. The highest BCUT2D eigenvalue weighted by atomic mass is 16.1. The molecule has 0 radical (unpaired) electrons. The van der Waals surface area contributed by atoms with Crippen LogP contribution < -0.4 is 10.6 Å². The minimum atomic E-state index is -0.281. The zero-order chi connectivity index (χ0) is 13.8. The van der Waals surface area contributed by atoms with E-state index < -0.39 is 0 Å².